The van der Waals surface area contributed by atoms with Crippen molar-refractivity contribution in [2.75, 3.05) is 13.1 Å². The molecule has 2 atom stereocenters. The summed E-state index contributed by atoms with van der Waals surface area (Å²) in [7, 11) is 0. The van der Waals surface area contributed by atoms with Crippen LogP contribution >= 0.6 is 15.9 Å². The van der Waals surface area contributed by atoms with E-state index in [1.54, 1.807) is 4.68 Å². The van der Waals surface area contributed by atoms with Crippen molar-refractivity contribution >= 4 is 21.8 Å². The minimum atomic E-state index is -0.128. The maximum Gasteiger partial charge on any atom is 0.293 e. The number of nitrogens with zero attached hydrogens (tertiary/aromatic N) is 4. The molecule has 1 saturated heterocycles. The van der Waals surface area contributed by atoms with Crippen LogP contribution in [-0.4, -0.2) is 50.7 Å². The van der Waals surface area contributed by atoms with E-state index in [0.29, 0.717) is 17.8 Å². The van der Waals surface area contributed by atoms with Gasteiger partial charge in [0.05, 0.1) is 5.69 Å². The lowest BCUT2D eigenvalue weighted by atomic mass is 10.1. The molecular weight excluding hydrogens is 358 g/mol. The second-order valence-electron chi connectivity index (χ2n) is 6.13. The largest absolute Gasteiger partial charge is 0.333 e. The Labute approximate surface area is 144 Å². The fourth-order valence-electron chi connectivity index (χ4n) is 2.87. The van der Waals surface area contributed by atoms with Gasteiger partial charge in [0.15, 0.2) is 0 Å². The van der Waals surface area contributed by atoms with Crippen molar-refractivity contribution in [2.45, 2.75) is 32.9 Å². The van der Waals surface area contributed by atoms with E-state index >= 15 is 0 Å². The molecule has 1 fully saturated rings. The van der Waals surface area contributed by atoms with Crippen molar-refractivity contribution in [1.82, 2.24) is 25.0 Å². The van der Waals surface area contributed by atoms with Gasteiger partial charge in [-0.3, -0.25) is 4.79 Å². The third kappa shape index (κ3) is 3.45. The molecule has 1 aromatic carbocycles. The van der Waals surface area contributed by atoms with Crippen LogP contribution in [0.3, 0.4) is 0 Å². The van der Waals surface area contributed by atoms with Gasteiger partial charge in [-0.25, -0.2) is 4.68 Å². The van der Waals surface area contributed by atoms with E-state index in [2.05, 4.69) is 45.2 Å². The molecule has 2 aromatic rings. The molecule has 2 heterocycles. The number of aryl methyl sites for hydroxylation is 1. The van der Waals surface area contributed by atoms with Crippen LogP contribution in [0.4, 0.5) is 0 Å². The van der Waals surface area contributed by atoms with E-state index < -0.39 is 0 Å². The number of aromatic nitrogens is 3. The van der Waals surface area contributed by atoms with Crippen LogP contribution in [0.5, 0.6) is 0 Å². The molecule has 1 aliphatic rings. The van der Waals surface area contributed by atoms with Crippen molar-refractivity contribution in [3.8, 4) is 5.69 Å². The molecule has 6 nitrogen and oxygen atoms in total. The van der Waals surface area contributed by atoms with Gasteiger partial charge in [0.1, 0.15) is 0 Å². The zero-order chi connectivity index (χ0) is 16.6. The predicted molar refractivity (Wildman–Crippen MR) is 91.8 cm³/mol. The zero-order valence-corrected chi connectivity index (χ0v) is 15.0. The van der Waals surface area contributed by atoms with Gasteiger partial charge in [0, 0.05) is 25.2 Å². The molecule has 1 amide bonds. The first-order valence-electron chi connectivity index (χ1n) is 7.69. The Bertz CT molecular complexity index is 702. The number of amides is 1. The number of carbonyl (C=O) groups is 1. The SMILES string of the molecule is Cc1ccc(-n2nc(C(=O)N3C[C@@H](C)N[C@@H](C)C3)nc2Br)cc1. The lowest BCUT2D eigenvalue weighted by Gasteiger charge is -2.35. The van der Waals surface area contributed by atoms with E-state index in [9.17, 15) is 4.79 Å². The molecule has 1 N–H and O–H groups in total. The first kappa shape index (κ1) is 16.1. The average Bonchev–Trinajstić information content (AvgIpc) is 2.88. The maximum atomic E-state index is 12.7. The smallest absolute Gasteiger partial charge is 0.293 e. The highest BCUT2D eigenvalue weighted by Crippen LogP contribution is 2.17. The van der Waals surface area contributed by atoms with Gasteiger partial charge < -0.3 is 10.2 Å². The van der Waals surface area contributed by atoms with Crippen LogP contribution in [0, 0.1) is 6.92 Å². The molecule has 0 unspecified atom stereocenters. The molecule has 0 radical (unpaired) electrons. The summed E-state index contributed by atoms with van der Waals surface area (Å²) in [6, 6.07) is 8.46. The molecule has 1 aliphatic heterocycles. The third-order valence-corrected chi connectivity index (χ3v) is 4.40. The van der Waals surface area contributed by atoms with Gasteiger partial charge in [-0.15, -0.1) is 5.10 Å². The van der Waals surface area contributed by atoms with Crippen molar-refractivity contribution in [3.63, 3.8) is 0 Å². The van der Waals surface area contributed by atoms with Crippen molar-refractivity contribution in [1.29, 1.82) is 0 Å². The molecule has 0 spiro atoms. The Kier molecular flexibility index (Phi) is 4.50. The number of halogens is 1. The molecule has 3 rings (SSSR count). The highest BCUT2D eigenvalue weighted by Gasteiger charge is 2.28. The summed E-state index contributed by atoms with van der Waals surface area (Å²) < 4.78 is 2.17. The number of benzene rings is 1. The van der Waals surface area contributed by atoms with Crippen LogP contribution < -0.4 is 5.32 Å². The zero-order valence-electron chi connectivity index (χ0n) is 13.5. The molecule has 122 valence electrons. The highest BCUT2D eigenvalue weighted by atomic mass is 79.9. The topological polar surface area (TPSA) is 63.1 Å². The minimum absolute atomic E-state index is 0.128. The third-order valence-electron chi connectivity index (χ3n) is 3.88. The number of carbonyl (C=O) groups excluding carboxylic acids is 1. The fraction of sp³-hybridized carbons (Fsp3) is 0.438. The van der Waals surface area contributed by atoms with Gasteiger partial charge in [0.25, 0.3) is 5.91 Å². The molecule has 0 saturated carbocycles. The van der Waals surface area contributed by atoms with Crippen LogP contribution in [0.2, 0.25) is 0 Å². The summed E-state index contributed by atoms with van der Waals surface area (Å²) in [5, 5.41) is 7.80. The van der Waals surface area contributed by atoms with Crippen molar-refractivity contribution in [2.24, 2.45) is 0 Å². The van der Waals surface area contributed by atoms with E-state index in [0.717, 1.165) is 5.69 Å². The van der Waals surface area contributed by atoms with Gasteiger partial charge in [0.2, 0.25) is 10.6 Å². The molecule has 23 heavy (non-hydrogen) atoms. The standard InChI is InChI=1S/C16H20BrN5O/c1-10-4-6-13(7-5-10)22-16(17)19-14(20-22)15(23)21-8-11(2)18-12(3)9-21/h4-7,11-12,18H,8-9H2,1-3H3/t11-,12+. The second kappa shape index (κ2) is 6.41. The van der Waals surface area contributed by atoms with Crippen LogP contribution in [0.15, 0.2) is 29.0 Å². The Morgan fingerprint density at radius 3 is 2.43 bits per heavy atom. The first-order chi connectivity index (χ1) is 10.9. The lowest BCUT2D eigenvalue weighted by molar-refractivity contribution is 0.0661. The number of nitrogens with one attached hydrogen (secondary N) is 1. The van der Waals surface area contributed by atoms with Gasteiger partial charge in [-0.1, -0.05) is 17.7 Å². The summed E-state index contributed by atoms with van der Waals surface area (Å²) in [6.45, 7) is 7.51. The van der Waals surface area contributed by atoms with Gasteiger partial charge in [-0.05, 0) is 48.8 Å². The number of rotatable bonds is 2. The predicted octanol–water partition coefficient (Wildman–Crippen LogP) is 2.16. The van der Waals surface area contributed by atoms with Gasteiger partial charge in [-0.2, -0.15) is 4.98 Å². The van der Waals surface area contributed by atoms with Crippen LogP contribution in [-0.2, 0) is 0 Å². The Morgan fingerprint density at radius 1 is 1.22 bits per heavy atom. The van der Waals surface area contributed by atoms with E-state index in [4.69, 9.17) is 0 Å². The van der Waals surface area contributed by atoms with E-state index in [-0.39, 0.29) is 23.8 Å². The van der Waals surface area contributed by atoms with Crippen molar-refractivity contribution in [3.05, 3.63) is 40.4 Å². The second-order valence-corrected chi connectivity index (χ2v) is 6.84. The summed E-state index contributed by atoms with van der Waals surface area (Å²) in [4.78, 5) is 18.8. The average molecular weight is 378 g/mol. The molecule has 1 aromatic heterocycles. The molecule has 0 bridgehead atoms. The van der Waals surface area contributed by atoms with Crippen LogP contribution in [0.1, 0.15) is 30.0 Å². The Balaban J connectivity index is 1.85. The van der Waals surface area contributed by atoms with E-state index in [1.165, 1.54) is 5.56 Å². The normalized spacial score (nSPS) is 21.5. The number of hydrogen-bond acceptors (Lipinski definition) is 4. The number of hydrogen-bond donors (Lipinski definition) is 1. The summed E-state index contributed by atoms with van der Waals surface area (Å²) in [6.07, 6.45) is 0. The Hall–Kier alpha value is -1.73. The van der Waals surface area contributed by atoms with Crippen LogP contribution in [0.25, 0.3) is 5.69 Å². The van der Waals surface area contributed by atoms with Gasteiger partial charge >= 0.3 is 0 Å². The quantitative estimate of drug-likeness (QED) is 0.870. The summed E-state index contributed by atoms with van der Waals surface area (Å²) >= 11 is 3.39. The lowest BCUT2D eigenvalue weighted by Crippen LogP contribution is -2.56. The van der Waals surface area contributed by atoms with E-state index in [1.807, 2.05) is 36.1 Å². The molecule has 7 heteroatoms. The van der Waals surface area contributed by atoms with Crippen molar-refractivity contribution < 1.29 is 4.79 Å². The maximum absolute atomic E-state index is 12.7. The Morgan fingerprint density at radius 2 is 1.83 bits per heavy atom. The molecule has 0 aliphatic carbocycles. The number of piperazine rings is 1. The first-order valence-corrected chi connectivity index (χ1v) is 8.48. The fourth-order valence-corrected chi connectivity index (χ4v) is 3.32. The highest BCUT2D eigenvalue weighted by molar-refractivity contribution is 9.10. The summed E-state index contributed by atoms with van der Waals surface area (Å²) in [5.41, 5.74) is 2.04. The molecular formula is C16H20BrN5O. The summed E-state index contributed by atoms with van der Waals surface area (Å²) in [5.74, 6) is 0.0931. The minimum Gasteiger partial charge on any atom is -0.333 e. The monoisotopic (exact) mass is 377 g/mol.